The van der Waals surface area contributed by atoms with Crippen LogP contribution in [-0.2, 0) is 7.57 Å². The van der Waals surface area contributed by atoms with Crippen molar-refractivity contribution in [3.05, 3.63) is 54.6 Å². The Morgan fingerprint density at radius 1 is 0.905 bits per heavy atom. The van der Waals surface area contributed by atoms with Crippen molar-refractivity contribution >= 4 is 26.6 Å². The molecule has 1 unspecified atom stereocenters. The van der Waals surface area contributed by atoms with Gasteiger partial charge in [-0.2, -0.15) is 0 Å². The summed E-state index contributed by atoms with van der Waals surface area (Å²) in [5.41, 5.74) is 1.47. The molecule has 0 heterocycles. The average molecular weight is 349 g/mol. The molecule has 21 heavy (non-hydrogen) atoms. The summed E-state index contributed by atoms with van der Waals surface area (Å²) in [5, 5.41) is 9.58. The Morgan fingerprint density at radius 2 is 1.48 bits per heavy atom. The third-order valence-corrected chi connectivity index (χ3v) is 4.26. The molecule has 7 heteroatoms. The molecule has 0 saturated carbocycles. The van der Waals surface area contributed by atoms with E-state index < -0.39 is 15.3 Å². The summed E-state index contributed by atoms with van der Waals surface area (Å²) in [6.45, 7) is 0. The fraction of sp³-hybridized carbons (Fsp3) is 0.143. The molecule has 0 aliphatic carbocycles. The number of benzene rings is 2. The molecule has 0 N–H and O–H groups in total. The summed E-state index contributed by atoms with van der Waals surface area (Å²) in [6, 6.07) is 16.3. The van der Waals surface area contributed by atoms with Gasteiger partial charge in [0.25, 0.3) is 0 Å². The van der Waals surface area contributed by atoms with E-state index in [1.54, 1.807) is 38.4 Å². The predicted molar refractivity (Wildman–Crippen MR) is 80.3 cm³/mol. The summed E-state index contributed by atoms with van der Waals surface area (Å²) in [4.78, 5) is 0. The van der Waals surface area contributed by atoms with E-state index in [2.05, 4.69) is 10.2 Å². The molecule has 0 saturated heterocycles. The van der Waals surface area contributed by atoms with Crippen molar-refractivity contribution in [2.45, 2.75) is 0 Å². The van der Waals surface area contributed by atoms with Crippen LogP contribution in [0.15, 0.2) is 64.8 Å². The fourth-order valence-corrected chi connectivity index (χ4v) is 2.85. The molecule has 6 nitrogen and oxygen atoms in total. The van der Waals surface area contributed by atoms with E-state index >= 15 is 0 Å². The van der Waals surface area contributed by atoms with E-state index in [1.165, 1.54) is 5.06 Å². The maximum atomic E-state index is 11.5. The molecule has 0 amide bonds. The second kappa shape index (κ2) is 7.78. The van der Waals surface area contributed by atoms with E-state index in [9.17, 15) is 3.74 Å². The molecule has 2 aromatic rings. The monoisotopic (exact) mass is 349 g/mol. The van der Waals surface area contributed by atoms with Crippen LogP contribution in [0.4, 0.5) is 11.4 Å². The quantitative estimate of drug-likeness (QED) is 0.457. The predicted octanol–water partition coefficient (Wildman–Crippen LogP) is 3.12. The zero-order valence-corrected chi connectivity index (χ0v) is 13.9. The van der Waals surface area contributed by atoms with Gasteiger partial charge in [-0.3, -0.25) is 0 Å². The van der Waals surface area contributed by atoms with Gasteiger partial charge in [0.2, 0.25) is 0 Å². The van der Waals surface area contributed by atoms with Gasteiger partial charge >= 0.3 is 128 Å². The van der Waals surface area contributed by atoms with Gasteiger partial charge in [0, 0.05) is 0 Å². The summed E-state index contributed by atoms with van der Waals surface area (Å²) < 4.78 is 21.7. The van der Waals surface area contributed by atoms with Crippen molar-refractivity contribution in [3.63, 3.8) is 0 Å². The average Bonchev–Trinajstić information content (AvgIpc) is 2.47. The van der Waals surface area contributed by atoms with Crippen molar-refractivity contribution < 1.29 is 11.3 Å². The summed E-state index contributed by atoms with van der Waals surface area (Å²) in [7, 11) is 3.31. The Balaban J connectivity index is 1.96. The van der Waals surface area contributed by atoms with Crippen LogP contribution in [0.1, 0.15) is 0 Å². The Hall–Kier alpha value is -1.88. The normalized spacial score (nSPS) is 12.7. The molecule has 2 rings (SSSR count). The third kappa shape index (κ3) is 5.55. The van der Waals surface area contributed by atoms with Crippen LogP contribution >= 0.6 is 0 Å². The minimum absolute atomic E-state index is 0.487. The molecule has 0 aliphatic heterocycles. The number of rotatable bonds is 6. The molecular formula is C14H16AsN3O3. The molecule has 0 aliphatic rings. The van der Waals surface area contributed by atoms with Crippen LogP contribution in [0.25, 0.3) is 0 Å². The zero-order chi connectivity index (χ0) is 15.1. The SMILES string of the molecule is CN(C)O[AsH](=O)Oc1ccc(N=Nc2ccccc2)cc1. The summed E-state index contributed by atoms with van der Waals surface area (Å²) in [5.74, 6) is 0.487. The van der Waals surface area contributed by atoms with Crippen LogP contribution in [0.5, 0.6) is 5.75 Å². The van der Waals surface area contributed by atoms with Crippen LogP contribution in [0.2, 0.25) is 0 Å². The first-order valence-corrected chi connectivity index (χ1v) is 8.84. The van der Waals surface area contributed by atoms with Crippen LogP contribution in [-0.4, -0.2) is 34.4 Å². The second-order valence-electron chi connectivity index (χ2n) is 4.29. The minimum atomic E-state index is -3.21. The van der Waals surface area contributed by atoms with E-state index in [0.717, 1.165) is 5.69 Å². The third-order valence-electron chi connectivity index (χ3n) is 2.33. The van der Waals surface area contributed by atoms with Crippen molar-refractivity contribution in [1.82, 2.24) is 5.06 Å². The van der Waals surface area contributed by atoms with Crippen LogP contribution < -0.4 is 3.73 Å². The van der Waals surface area contributed by atoms with Gasteiger partial charge in [-0.25, -0.2) is 0 Å². The van der Waals surface area contributed by atoms with Gasteiger partial charge in [-0.15, -0.1) is 0 Å². The van der Waals surface area contributed by atoms with E-state index in [1.807, 2.05) is 30.3 Å². The number of azo groups is 1. The van der Waals surface area contributed by atoms with Gasteiger partial charge < -0.3 is 0 Å². The molecule has 2 aromatic carbocycles. The molecular weight excluding hydrogens is 333 g/mol. The number of nitrogens with zero attached hydrogens (tertiary/aromatic N) is 3. The molecule has 0 spiro atoms. The van der Waals surface area contributed by atoms with E-state index in [-0.39, 0.29) is 0 Å². The second-order valence-corrected chi connectivity index (χ2v) is 6.15. The number of hydrogen-bond donors (Lipinski definition) is 0. The summed E-state index contributed by atoms with van der Waals surface area (Å²) in [6.07, 6.45) is 0. The van der Waals surface area contributed by atoms with Gasteiger partial charge in [0.1, 0.15) is 0 Å². The first-order chi connectivity index (χ1) is 10.1. The van der Waals surface area contributed by atoms with Gasteiger partial charge in [-0.05, 0) is 0 Å². The molecule has 0 fully saturated rings. The van der Waals surface area contributed by atoms with Crippen molar-refractivity contribution in [2.75, 3.05) is 14.1 Å². The Kier molecular flexibility index (Phi) is 5.75. The number of hydrogen-bond acceptors (Lipinski definition) is 6. The topological polar surface area (TPSA) is 63.5 Å². The Morgan fingerprint density at radius 3 is 2.05 bits per heavy atom. The first kappa shape index (κ1) is 15.5. The van der Waals surface area contributed by atoms with Gasteiger partial charge in [0.05, 0.1) is 0 Å². The van der Waals surface area contributed by atoms with E-state index in [0.29, 0.717) is 11.4 Å². The van der Waals surface area contributed by atoms with Crippen molar-refractivity contribution in [1.29, 1.82) is 0 Å². The maximum absolute atomic E-state index is 11.5. The van der Waals surface area contributed by atoms with Crippen LogP contribution in [0, 0.1) is 0 Å². The molecule has 0 aromatic heterocycles. The molecule has 1 atom stereocenters. The van der Waals surface area contributed by atoms with Gasteiger partial charge in [0.15, 0.2) is 0 Å². The molecule has 0 radical (unpaired) electrons. The van der Waals surface area contributed by atoms with E-state index in [4.69, 9.17) is 7.55 Å². The van der Waals surface area contributed by atoms with Crippen molar-refractivity contribution in [2.24, 2.45) is 10.2 Å². The molecule has 0 bridgehead atoms. The molecule has 110 valence electrons. The van der Waals surface area contributed by atoms with Gasteiger partial charge in [-0.1, -0.05) is 0 Å². The fourth-order valence-electron chi connectivity index (χ4n) is 1.45. The van der Waals surface area contributed by atoms with Crippen LogP contribution in [0.3, 0.4) is 0 Å². The van der Waals surface area contributed by atoms with Crippen molar-refractivity contribution in [3.8, 4) is 5.75 Å². The Labute approximate surface area is 128 Å². The first-order valence-electron chi connectivity index (χ1n) is 6.27. The summed E-state index contributed by atoms with van der Waals surface area (Å²) >= 11 is -3.21. The standard InChI is InChI=1S/C14H16AsN3O3/c1-18(2)21-15(19)20-14-10-8-13(9-11-14)17-16-12-6-4-3-5-7-12/h3-11,15H,1-2H3. The number of hydroxylamine groups is 2. The Bertz CT molecular complexity index is 615. The zero-order valence-electron chi connectivity index (χ0n) is 11.8.